The molecule has 2 N–H and O–H groups in total. The molecule has 25 heavy (non-hydrogen) atoms. The smallest absolute Gasteiger partial charge is 0.335 e. The Labute approximate surface area is 149 Å². The Morgan fingerprint density at radius 3 is 2.40 bits per heavy atom. The monoisotopic (exact) mass is 368 g/mol. The number of hydrogen-bond donors (Lipinski definition) is 2. The van der Waals surface area contributed by atoms with Crippen LogP contribution >= 0.6 is 11.8 Å². The van der Waals surface area contributed by atoms with Gasteiger partial charge in [0.2, 0.25) is 0 Å². The molecule has 2 rings (SSSR count). The Morgan fingerprint density at radius 1 is 1.32 bits per heavy atom. The number of thioether (sulfide) groups is 1. The number of aliphatic hydroxyl groups is 1. The van der Waals surface area contributed by atoms with Crippen LogP contribution in [0.4, 0.5) is 5.69 Å². The molecular weight excluding hydrogens is 348 g/mol. The zero-order valence-electron chi connectivity index (χ0n) is 14.0. The van der Waals surface area contributed by atoms with E-state index in [9.17, 15) is 24.8 Å². The van der Waals surface area contributed by atoms with Gasteiger partial charge >= 0.3 is 5.97 Å². The molecule has 0 spiro atoms. The summed E-state index contributed by atoms with van der Waals surface area (Å²) in [6.07, 6.45) is -0.148. The van der Waals surface area contributed by atoms with Gasteiger partial charge in [0.05, 0.1) is 10.5 Å². The van der Waals surface area contributed by atoms with E-state index in [0.29, 0.717) is 4.90 Å². The molecule has 136 valence electrons. The quantitative estimate of drug-likeness (QED) is 0.464. The van der Waals surface area contributed by atoms with E-state index in [1.54, 1.807) is 6.07 Å². The van der Waals surface area contributed by atoms with E-state index in [1.165, 1.54) is 28.8 Å². The number of carboxylic acids is 1. The predicted molar refractivity (Wildman–Crippen MR) is 91.8 cm³/mol. The molecule has 0 radical (unpaired) electrons. The molecule has 1 aliphatic rings. The second kappa shape index (κ2) is 7.40. The van der Waals surface area contributed by atoms with Crippen LogP contribution in [0.2, 0.25) is 0 Å². The fourth-order valence-corrected chi connectivity index (χ4v) is 3.55. The van der Waals surface area contributed by atoms with Crippen molar-refractivity contribution >= 4 is 29.3 Å². The summed E-state index contributed by atoms with van der Waals surface area (Å²) in [4.78, 5) is 36.4. The van der Waals surface area contributed by atoms with E-state index < -0.39 is 16.5 Å². The number of piperidine rings is 1. The number of aliphatic carboxylic acids is 1. The van der Waals surface area contributed by atoms with Crippen molar-refractivity contribution in [1.29, 1.82) is 0 Å². The van der Waals surface area contributed by atoms with Gasteiger partial charge in [-0.1, -0.05) is 13.8 Å². The van der Waals surface area contributed by atoms with Gasteiger partial charge in [-0.05, 0) is 6.07 Å². The number of carbonyl (C=O) groups excluding carboxylic acids is 1. The molecule has 9 heteroatoms. The van der Waals surface area contributed by atoms with E-state index >= 15 is 0 Å². The number of benzene rings is 1. The molecule has 1 aliphatic heterocycles. The van der Waals surface area contributed by atoms with Gasteiger partial charge in [0.15, 0.2) is 5.60 Å². The largest absolute Gasteiger partial charge is 0.479 e. The van der Waals surface area contributed by atoms with Gasteiger partial charge in [0, 0.05) is 48.2 Å². The Balaban J connectivity index is 2.27. The highest BCUT2D eigenvalue weighted by atomic mass is 32.2. The number of carboxylic acid groups (broad SMARTS) is 1. The number of nitrogens with zero attached hydrogens (tertiary/aromatic N) is 2. The molecule has 1 heterocycles. The van der Waals surface area contributed by atoms with Crippen molar-refractivity contribution < 1.29 is 24.7 Å². The number of nitro groups is 1. The van der Waals surface area contributed by atoms with Crippen molar-refractivity contribution in [2.24, 2.45) is 0 Å². The number of carbonyl (C=O) groups is 2. The van der Waals surface area contributed by atoms with E-state index in [4.69, 9.17) is 5.11 Å². The van der Waals surface area contributed by atoms with Crippen LogP contribution in [0.1, 0.15) is 37.0 Å². The molecule has 1 saturated heterocycles. The van der Waals surface area contributed by atoms with Crippen LogP contribution in [0.3, 0.4) is 0 Å². The Morgan fingerprint density at radius 2 is 1.92 bits per heavy atom. The Kier molecular flexibility index (Phi) is 5.69. The number of hydrogen-bond acceptors (Lipinski definition) is 6. The van der Waals surface area contributed by atoms with Gasteiger partial charge in [-0.2, -0.15) is 0 Å². The lowest BCUT2D eigenvalue weighted by Gasteiger charge is -2.35. The third kappa shape index (κ3) is 4.29. The van der Waals surface area contributed by atoms with Crippen molar-refractivity contribution in [3.05, 3.63) is 33.9 Å². The second-order valence-electron chi connectivity index (χ2n) is 6.23. The molecule has 0 aromatic heterocycles. The number of non-ortho nitro benzene ring substituents is 1. The maximum atomic E-state index is 12.8. The van der Waals surface area contributed by atoms with Crippen molar-refractivity contribution in [2.75, 3.05) is 13.1 Å². The van der Waals surface area contributed by atoms with Gasteiger partial charge in [0.1, 0.15) is 0 Å². The minimum absolute atomic E-state index is 0.0738. The highest BCUT2D eigenvalue weighted by Crippen LogP contribution is 2.32. The predicted octanol–water partition coefficient (Wildman–Crippen LogP) is 2.15. The molecule has 0 bridgehead atoms. The standard InChI is InChI=1S/C16H20N2O6S/c1-10(2)25-13-4-3-11(18(23)24)9-12(13)14(19)17-7-5-16(22,6-8-17)15(20)21/h3-4,9-10,22H,5-8H2,1-2H3,(H,20,21). The first kappa shape index (κ1) is 19.2. The summed E-state index contributed by atoms with van der Waals surface area (Å²) in [6, 6.07) is 4.18. The molecule has 1 amide bonds. The first-order valence-corrected chi connectivity index (χ1v) is 8.72. The number of nitro benzene ring substituents is 1. The van der Waals surface area contributed by atoms with Crippen LogP contribution in [0.25, 0.3) is 0 Å². The average molecular weight is 368 g/mol. The molecule has 0 aliphatic carbocycles. The lowest BCUT2D eigenvalue weighted by molar-refractivity contribution is -0.384. The summed E-state index contributed by atoms with van der Waals surface area (Å²) in [7, 11) is 0. The van der Waals surface area contributed by atoms with Crippen molar-refractivity contribution in [1.82, 2.24) is 4.90 Å². The normalized spacial score (nSPS) is 16.7. The van der Waals surface area contributed by atoms with Gasteiger partial charge in [-0.15, -0.1) is 11.8 Å². The highest BCUT2D eigenvalue weighted by molar-refractivity contribution is 8.00. The highest BCUT2D eigenvalue weighted by Gasteiger charge is 2.40. The minimum atomic E-state index is -1.82. The summed E-state index contributed by atoms with van der Waals surface area (Å²) in [5.41, 5.74) is -1.77. The number of likely N-dealkylation sites (tertiary alicyclic amines) is 1. The van der Waals surface area contributed by atoms with Crippen molar-refractivity contribution in [3.63, 3.8) is 0 Å². The molecule has 0 saturated carbocycles. The SMILES string of the molecule is CC(C)Sc1ccc([N+](=O)[O-])cc1C(=O)N1CCC(O)(C(=O)O)CC1. The van der Waals surface area contributed by atoms with E-state index in [-0.39, 0.29) is 48.3 Å². The number of rotatable bonds is 5. The molecular formula is C16H20N2O6S. The van der Waals surface area contributed by atoms with Crippen LogP contribution in [0, 0.1) is 10.1 Å². The van der Waals surface area contributed by atoms with Crippen LogP contribution in [-0.2, 0) is 4.79 Å². The maximum absolute atomic E-state index is 12.8. The molecule has 1 aromatic carbocycles. The summed E-state index contributed by atoms with van der Waals surface area (Å²) >= 11 is 1.43. The third-order valence-corrected chi connectivity index (χ3v) is 5.12. The maximum Gasteiger partial charge on any atom is 0.335 e. The first-order chi connectivity index (χ1) is 11.6. The molecule has 8 nitrogen and oxygen atoms in total. The van der Waals surface area contributed by atoms with Crippen LogP contribution in [-0.4, -0.2) is 55.9 Å². The topological polar surface area (TPSA) is 121 Å². The van der Waals surface area contributed by atoms with E-state index in [2.05, 4.69) is 0 Å². The van der Waals surface area contributed by atoms with Gasteiger partial charge in [-0.25, -0.2) is 4.79 Å². The van der Waals surface area contributed by atoms with Crippen molar-refractivity contribution in [3.8, 4) is 0 Å². The lowest BCUT2D eigenvalue weighted by Crippen LogP contribution is -2.50. The molecule has 1 aromatic rings. The molecule has 0 unspecified atom stereocenters. The second-order valence-corrected chi connectivity index (χ2v) is 7.85. The van der Waals surface area contributed by atoms with Gasteiger partial charge < -0.3 is 15.1 Å². The van der Waals surface area contributed by atoms with Crippen molar-refractivity contribution in [2.45, 2.75) is 42.4 Å². The zero-order valence-corrected chi connectivity index (χ0v) is 14.8. The number of amides is 1. The first-order valence-electron chi connectivity index (χ1n) is 7.84. The fraction of sp³-hybridized carbons (Fsp3) is 0.500. The summed E-state index contributed by atoms with van der Waals surface area (Å²) in [5, 5.41) is 30.2. The van der Waals surface area contributed by atoms with Crippen LogP contribution < -0.4 is 0 Å². The summed E-state index contributed by atoms with van der Waals surface area (Å²) in [5.74, 6) is -1.69. The molecule has 1 fully saturated rings. The average Bonchev–Trinajstić information content (AvgIpc) is 2.54. The summed E-state index contributed by atoms with van der Waals surface area (Å²) in [6.45, 7) is 4.06. The van der Waals surface area contributed by atoms with Gasteiger partial charge in [0.25, 0.3) is 11.6 Å². The van der Waals surface area contributed by atoms with Crippen LogP contribution in [0.15, 0.2) is 23.1 Å². The Bertz CT molecular complexity index is 698. The van der Waals surface area contributed by atoms with E-state index in [1.807, 2.05) is 13.8 Å². The summed E-state index contributed by atoms with van der Waals surface area (Å²) < 4.78 is 0. The Hall–Kier alpha value is -2.13. The van der Waals surface area contributed by atoms with Crippen LogP contribution in [0.5, 0.6) is 0 Å². The third-order valence-electron chi connectivity index (χ3n) is 4.04. The zero-order chi connectivity index (χ0) is 18.8. The fourth-order valence-electron chi connectivity index (χ4n) is 2.62. The molecule has 0 atom stereocenters. The lowest BCUT2D eigenvalue weighted by atomic mass is 9.91. The minimum Gasteiger partial charge on any atom is -0.479 e. The van der Waals surface area contributed by atoms with E-state index in [0.717, 1.165) is 0 Å². The van der Waals surface area contributed by atoms with Gasteiger partial charge in [-0.3, -0.25) is 14.9 Å².